The number of para-hydroxylation sites is 1. The summed E-state index contributed by atoms with van der Waals surface area (Å²) in [5, 5.41) is 15.7. The number of anilines is 1. The van der Waals surface area contributed by atoms with Gasteiger partial charge in [0.25, 0.3) is 0 Å². The molecular weight excluding hydrogens is 347 g/mol. The molecule has 0 fully saturated rings. The number of rotatable bonds is 2. The van der Waals surface area contributed by atoms with Crippen LogP contribution in [0.3, 0.4) is 0 Å². The largest absolute Gasteiger partial charge is 0.487 e. The van der Waals surface area contributed by atoms with Gasteiger partial charge in [0, 0.05) is 30.5 Å². The Balaban J connectivity index is 1.54. The van der Waals surface area contributed by atoms with E-state index >= 15 is 0 Å². The lowest BCUT2D eigenvalue weighted by Gasteiger charge is -2.37. The van der Waals surface area contributed by atoms with Crippen molar-refractivity contribution in [2.45, 2.75) is 50.9 Å². The lowest BCUT2D eigenvalue weighted by molar-refractivity contribution is 0.0683. The van der Waals surface area contributed by atoms with Gasteiger partial charge in [0.2, 0.25) is 0 Å². The van der Waals surface area contributed by atoms with Crippen molar-refractivity contribution in [2.24, 2.45) is 0 Å². The number of fused-ring (bicyclic) bond motifs is 2. The number of ether oxygens (including phenoxy) is 1. The van der Waals surface area contributed by atoms with Crippen molar-refractivity contribution >= 4 is 11.7 Å². The van der Waals surface area contributed by atoms with Crippen LogP contribution in [-0.4, -0.2) is 22.8 Å². The molecule has 0 unspecified atom stereocenters. The summed E-state index contributed by atoms with van der Waals surface area (Å²) in [6.45, 7) is 3.98. The highest BCUT2D eigenvalue weighted by molar-refractivity contribution is 5.91. The van der Waals surface area contributed by atoms with Crippen LogP contribution in [0.1, 0.15) is 43.0 Å². The second-order valence-corrected chi connectivity index (χ2v) is 7.87. The third-order valence-corrected chi connectivity index (χ3v) is 5.18. The van der Waals surface area contributed by atoms with E-state index in [1.807, 2.05) is 38.1 Å². The molecule has 3 N–H and O–H groups in total. The van der Waals surface area contributed by atoms with Crippen molar-refractivity contribution in [2.75, 3.05) is 5.32 Å². The summed E-state index contributed by atoms with van der Waals surface area (Å²) in [4.78, 5) is 12.6. The Morgan fingerprint density at radius 1 is 1.19 bits per heavy atom. The Morgan fingerprint density at radius 2 is 1.93 bits per heavy atom. The van der Waals surface area contributed by atoms with Crippen LogP contribution in [0.2, 0.25) is 0 Å². The Kier molecular flexibility index (Phi) is 4.30. The molecule has 142 valence electrons. The number of carbonyl (C=O) groups excluding carboxylic acids is 1. The molecule has 5 nitrogen and oxygen atoms in total. The normalized spacial score (nSPS) is 22.4. The predicted octanol–water partition coefficient (Wildman–Crippen LogP) is 3.71. The van der Waals surface area contributed by atoms with Crippen LogP contribution in [0.5, 0.6) is 5.75 Å². The molecule has 0 radical (unpaired) electrons. The van der Waals surface area contributed by atoms with Crippen molar-refractivity contribution in [1.82, 2.24) is 5.32 Å². The molecule has 0 aromatic heterocycles. The lowest BCUT2D eigenvalue weighted by atomic mass is 9.90. The molecule has 1 aliphatic carbocycles. The van der Waals surface area contributed by atoms with Gasteiger partial charge in [-0.25, -0.2) is 9.18 Å². The van der Waals surface area contributed by atoms with E-state index in [1.54, 1.807) is 6.07 Å². The summed E-state index contributed by atoms with van der Waals surface area (Å²) in [5.41, 5.74) is 2.24. The number of hydrogen-bond donors (Lipinski definition) is 3. The minimum absolute atomic E-state index is 0.191. The van der Waals surface area contributed by atoms with Crippen LogP contribution < -0.4 is 15.4 Å². The quantitative estimate of drug-likeness (QED) is 0.755. The zero-order chi connectivity index (χ0) is 19.2. The zero-order valence-corrected chi connectivity index (χ0v) is 15.4. The van der Waals surface area contributed by atoms with Crippen molar-refractivity contribution in [3.63, 3.8) is 0 Å². The number of amides is 2. The molecule has 2 aromatic carbocycles. The van der Waals surface area contributed by atoms with E-state index < -0.39 is 11.7 Å². The van der Waals surface area contributed by atoms with E-state index in [9.17, 15) is 14.3 Å². The molecule has 4 rings (SSSR count). The zero-order valence-electron chi connectivity index (χ0n) is 15.4. The number of nitrogens with one attached hydrogen (secondary N) is 2. The van der Waals surface area contributed by atoms with E-state index in [0.717, 1.165) is 11.3 Å². The van der Waals surface area contributed by atoms with Crippen molar-refractivity contribution < 1.29 is 19.0 Å². The van der Waals surface area contributed by atoms with Crippen LogP contribution in [0.25, 0.3) is 0 Å². The number of hydrogen-bond acceptors (Lipinski definition) is 3. The van der Waals surface area contributed by atoms with Crippen molar-refractivity contribution in [3.05, 3.63) is 58.9 Å². The van der Waals surface area contributed by atoms with E-state index in [-0.39, 0.29) is 24.3 Å². The highest BCUT2D eigenvalue weighted by Crippen LogP contribution is 2.39. The van der Waals surface area contributed by atoms with Gasteiger partial charge in [-0.05, 0) is 43.2 Å². The maximum atomic E-state index is 14.0. The van der Waals surface area contributed by atoms with Crippen molar-refractivity contribution in [3.8, 4) is 5.75 Å². The van der Waals surface area contributed by atoms with Gasteiger partial charge in [0.05, 0.1) is 12.1 Å². The summed E-state index contributed by atoms with van der Waals surface area (Å²) in [6.07, 6.45) is 0.650. The minimum Gasteiger partial charge on any atom is -0.487 e. The van der Waals surface area contributed by atoms with Crippen LogP contribution in [0, 0.1) is 5.82 Å². The molecule has 0 spiro atoms. The molecular formula is C21H23FN2O3. The Hall–Kier alpha value is -2.60. The second-order valence-electron chi connectivity index (χ2n) is 7.87. The fourth-order valence-corrected chi connectivity index (χ4v) is 4.03. The highest BCUT2D eigenvalue weighted by atomic mass is 19.1. The third-order valence-electron chi connectivity index (χ3n) is 5.18. The number of aliphatic hydroxyl groups excluding tert-OH is 1. The fourth-order valence-electron chi connectivity index (χ4n) is 4.03. The molecule has 2 atom stereocenters. The predicted molar refractivity (Wildman–Crippen MR) is 100 cm³/mol. The maximum Gasteiger partial charge on any atom is 0.319 e. The highest BCUT2D eigenvalue weighted by Gasteiger charge is 2.34. The smallest absolute Gasteiger partial charge is 0.319 e. The first kappa shape index (κ1) is 17.8. The number of urea groups is 1. The van der Waals surface area contributed by atoms with Crippen LogP contribution in [-0.2, 0) is 12.8 Å². The first-order chi connectivity index (χ1) is 12.8. The summed E-state index contributed by atoms with van der Waals surface area (Å²) >= 11 is 0. The van der Waals surface area contributed by atoms with E-state index in [0.29, 0.717) is 29.7 Å². The Morgan fingerprint density at radius 3 is 2.74 bits per heavy atom. The lowest BCUT2D eigenvalue weighted by Crippen LogP contribution is -2.42. The minimum atomic E-state index is -0.608. The third kappa shape index (κ3) is 3.49. The molecule has 27 heavy (non-hydrogen) atoms. The summed E-state index contributed by atoms with van der Waals surface area (Å²) in [7, 11) is 0. The topological polar surface area (TPSA) is 70.6 Å². The second kappa shape index (κ2) is 6.53. The number of aliphatic hydroxyl groups is 1. The average molecular weight is 370 g/mol. The number of benzene rings is 2. The molecule has 0 saturated carbocycles. The molecule has 0 saturated heterocycles. The first-order valence-corrected chi connectivity index (χ1v) is 9.16. The van der Waals surface area contributed by atoms with E-state index in [1.165, 1.54) is 6.07 Å². The number of carbonyl (C=O) groups is 1. The monoisotopic (exact) mass is 370 g/mol. The Labute approximate surface area is 157 Å². The number of halogens is 1. The molecule has 2 aromatic rings. The van der Waals surface area contributed by atoms with E-state index in [4.69, 9.17) is 4.74 Å². The van der Waals surface area contributed by atoms with Gasteiger partial charge in [0.1, 0.15) is 17.2 Å². The summed E-state index contributed by atoms with van der Waals surface area (Å²) < 4.78 is 19.9. The van der Waals surface area contributed by atoms with Gasteiger partial charge in [-0.2, -0.15) is 0 Å². The average Bonchev–Trinajstić information content (AvgIpc) is 2.99. The SMILES string of the molecule is CC1(C)C[C@@H](NC(=O)Nc2ccc(F)c3c2C[C@@H](O)C3)c2ccccc2O1. The molecule has 2 aliphatic rings. The molecule has 1 heterocycles. The van der Waals surface area contributed by atoms with Gasteiger partial charge in [-0.15, -0.1) is 0 Å². The van der Waals surface area contributed by atoms with E-state index in [2.05, 4.69) is 10.6 Å². The van der Waals surface area contributed by atoms with Gasteiger partial charge < -0.3 is 20.5 Å². The molecule has 6 heteroatoms. The van der Waals surface area contributed by atoms with Crippen LogP contribution in [0.4, 0.5) is 14.9 Å². The van der Waals surface area contributed by atoms with Gasteiger partial charge in [-0.3, -0.25) is 0 Å². The van der Waals surface area contributed by atoms with Crippen LogP contribution in [0.15, 0.2) is 36.4 Å². The van der Waals surface area contributed by atoms with Crippen molar-refractivity contribution in [1.29, 1.82) is 0 Å². The fraction of sp³-hybridized carbons (Fsp3) is 0.381. The molecule has 1 aliphatic heterocycles. The van der Waals surface area contributed by atoms with Gasteiger partial charge in [0.15, 0.2) is 0 Å². The summed E-state index contributed by atoms with van der Waals surface area (Å²) in [6, 6.07) is 10.0. The molecule has 0 bridgehead atoms. The molecule has 2 amide bonds. The van der Waals surface area contributed by atoms with Crippen LogP contribution >= 0.6 is 0 Å². The standard InChI is InChI=1S/C21H23FN2O3/c1-21(2)11-18(13-5-3-4-6-19(13)27-21)24-20(26)23-17-8-7-16(22)14-9-12(25)10-15(14)17/h3-8,12,18,25H,9-11H2,1-2H3,(H2,23,24,26)/t12-,18+/m0/s1. The van der Waals surface area contributed by atoms with Gasteiger partial charge in [-0.1, -0.05) is 18.2 Å². The first-order valence-electron chi connectivity index (χ1n) is 9.16. The Bertz CT molecular complexity index is 897. The van der Waals surface area contributed by atoms with Gasteiger partial charge >= 0.3 is 6.03 Å². The summed E-state index contributed by atoms with van der Waals surface area (Å²) in [5.74, 6) is 0.428. The maximum absolute atomic E-state index is 14.0.